The molecular weight excluding hydrogens is 893 g/mol. The second-order valence-corrected chi connectivity index (χ2v) is 22.7. The third kappa shape index (κ3) is 5.91. The molecule has 3 aliphatic carbocycles. The van der Waals surface area contributed by atoms with Crippen molar-refractivity contribution in [2.45, 2.75) is 57.8 Å². The smallest absolute Gasteiger partial charge is 0.137 e. The zero-order valence-corrected chi connectivity index (χ0v) is 42.7. The van der Waals surface area contributed by atoms with E-state index in [2.05, 4.69) is 264 Å². The van der Waals surface area contributed by atoms with Gasteiger partial charge in [-0.2, -0.15) is 0 Å². The van der Waals surface area contributed by atoms with Crippen LogP contribution in [-0.4, -0.2) is 9.38 Å². The number of rotatable bonds is 5. The van der Waals surface area contributed by atoms with E-state index in [-0.39, 0.29) is 16.2 Å². The quantitative estimate of drug-likeness (QED) is 0.157. The number of hydrogen-bond donors (Lipinski definition) is 0. The SMILES string of the molecule is CC1(C)c2ccccc2-c2ccc(-c3c4ccc(-c5ccc(-c6nc7ccccn7c6-c6ccccc6)cc5)cc4c(-c4ccc5c(c4)C(C)(C)c4ccccc4-5)c4cc5c(cc34)-c3ccccc3C5(C)C)cc21. The highest BCUT2D eigenvalue weighted by atomic mass is 15.0. The molecule has 0 bridgehead atoms. The predicted octanol–water partition coefficient (Wildman–Crippen LogP) is 18.9. The summed E-state index contributed by atoms with van der Waals surface area (Å²) in [5, 5.41) is 5.09. The molecule has 0 radical (unpaired) electrons. The van der Waals surface area contributed by atoms with E-state index >= 15 is 0 Å². The van der Waals surface area contributed by atoms with Crippen molar-refractivity contribution in [3.63, 3.8) is 0 Å². The highest BCUT2D eigenvalue weighted by Crippen LogP contribution is 2.57. The molecule has 2 heterocycles. The van der Waals surface area contributed by atoms with E-state index in [1.807, 2.05) is 0 Å². The number of imidazole rings is 1. The van der Waals surface area contributed by atoms with Crippen LogP contribution < -0.4 is 0 Å². The van der Waals surface area contributed by atoms with Crippen molar-refractivity contribution in [3.8, 4) is 89.3 Å². The Bertz CT molecular complexity index is 4370. The highest BCUT2D eigenvalue weighted by molar-refractivity contribution is 6.23. The Labute approximate surface area is 433 Å². The summed E-state index contributed by atoms with van der Waals surface area (Å²) in [4.78, 5) is 5.22. The fraction of sp³-hybridized carbons (Fsp3) is 0.125. The van der Waals surface area contributed by atoms with Crippen molar-refractivity contribution in [2.24, 2.45) is 0 Å². The largest absolute Gasteiger partial charge is 0.299 e. The molecule has 0 aliphatic heterocycles. The number of hydrogen-bond acceptors (Lipinski definition) is 1. The molecule has 0 amide bonds. The average molecular weight is 947 g/mol. The van der Waals surface area contributed by atoms with Crippen LogP contribution in [0, 0.1) is 0 Å². The summed E-state index contributed by atoms with van der Waals surface area (Å²) >= 11 is 0. The van der Waals surface area contributed by atoms with Gasteiger partial charge >= 0.3 is 0 Å². The van der Waals surface area contributed by atoms with Crippen LogP contribution in [0.25, 0.3) is 116 Å². The van der Waals surface area contributed by atoms with Gasteiger partial charge in [-0.05, 0) is 164 Å². The molecule has 15 rings (SSSR count). The zero-order valence-electron chi connectivity index (χ0n) is 42.7. The Balaban J connectivity index is 1.00. The van der Waals surface area contributed by atoms with E-state index in [0.717, 1.165) is 28.2 Å². The van der Waals surface area contributed by atoms with E-state index in [0.29, 0.717) is 0 Å². The summed E-state index contributed by atoms with van der Waals surface area (Å²) in [6.07, 6.45) is 2.12. The molecule has 0 N–H and O–H groups in total. The molecule has 3 aliphatic rings. The summed E-state index contributed by atoms with van der Waals surface area (Å²) in [5.74, 6) is 0. The van der Waals surface area contributed by atoms with Gasteiger partial charge in [-0.15, -0.1) is 0 Å². The van der Waals surface area contributed by atoms with E-state index < -0.39 is 0 Å². The molecule has 0 saturated heterocycles. The van der Waals surface area contributed by atoms with E-state index in [9.17, 15) is 0 Å². The predicted molar refractivity (Wildman–Crippen MR) is 310 cm³/mol. The Kier molecular flexibility index (Phi) is 8.86. The van der Waals surface area contributed by atoms with Crippen LogP contribution in [-0.2, 0) is 16.2 Å². The first-order chi connectivity index (χ1) is 36.0. The second-order valence-electron chi connectivity index (χ2n) is 22.7. The molecule has 0 fully saturated rings. The third-order valence-electron chi connectivity index (χ3n) is 17.6. The van der Waals surface area contributed by atoms with Crippen molar-refractivity contribution in [2.75, 3.05) is 0 Å². The van der Waals surface area contributed by atoms with Crippen molar-refractivity contribution in [1.82, 2.24) is 9.38 Å². The summed E-state index contributed by atoms with van der Waals surface area (Å²) in [6, 6.07) is 80.2. The van der Waals surface area contributed by atoms with Crippen molar-refractivity contribution >= 4 is 27.2 Å². The molecule has 352 valence electrons. The maximum Gasteiger partial charge on any atom is 0.137 e. The molecule has 2 heteroatoms. The number of nitrogens with zero attached hydrogens (tertiary/aromatic N) is 2. The molecule has 0 spiro atoms. The summed E-state index contributed by atoms with van der Waals surface area (Å²) in [7, 11) is 0. The fourth-order valence-corrected chi connectivity index (χ4v) is 13.8. The van der Waals surface area contributed by atoms with E-state index in [4.69, 9.17) is 4.98 Å². The molecule has 10 aromatic carbocycles. The minimum Gasteiger partial charge on any atom is -0.299 e. The van der Waals surface area contributed by atoms with Crippen LogP contribution in [0.1, 0.15) is 74.9 Å². The zero-order chi connectivity index (χ0) is 49.8. The third-order valence-corrected chi connectivity index (χ3v) is 17.6. The van der Waals surface area contributed by atoms with Crippen LogP contribution in [0.4, 0.5) is 0 Å². The van der Waals surface area contributed by atoms with Gasteiger partial charge in [0.25, 0.3) is 0 Å². The van der Waals surface area contributed by atoms with E-state index in [1.54, 1.807) is 0 Å². The maximum absolute atomic E-state index is 5.22. The standard InChI is InChI=1S/C72H54N2/c1-70(2)59-23-13-10-20-49(59)52-34-32-47(39-62(52)70)66-54-36-31-46(43-27-29-44(30-28-43)68-69(45-18-8-7-9-19-45)74-37-17-16-26-65(74)73-68)38-56(54)67(48-33-35-53-50-21-11-14-24-60(50)71(3,4)63(53)40-48)58-42-64-55(41-57(58)66)51-22-12-15-25-61(51)72(64,5)6/h7-42H,1-6H3. The molecule has 2 aromatic heterocycles. The lowest BCUT2D eigenvalue weighted by molar-refractivity contribution is 0.660. The average Bonchev–Trinajstić information content (AvgIpc) is 4.12. The van der Waals surface area contributed by atoms with Gasteiger partial charge in [0.15, 0.2) is 0 Å². The van der Waals surface area contributed by atoms with Crippen LogP contribution in [0.15, 0.2) is 219 Å². The van der Waals surface area contributed by atoms with Gasteiger partial charge < -0.3 is 0 Å². The molecular formula is C72H54N2. The van der Waals surface area contributed by atoms with Gasteiger partial charge in [-0.3, -0.25) is 4.40 Å². The van der Waals surface area contributed by atoms with Crippen molar-refractivity contribution < 1.29 is 0 Å². The molecule has 12 aromatic rings. The number of aromatic nitrogens is 2. The van der Waals surface area contributed by atoms with Gasteiger partial charge in [0.1, 0.15) is 5.65 Å². The van der Waals surface area contributed by atoms with Gasteiger partial charge in [0.05, 0.1) is 11.4 Å². The van der Waals surface area contributed by atoms with E-state index in [1.165, 1.54) is 122 Å². The lowest BCUT2D eigenvalue weighted by Crippen LogP contribution is -2.15. The van der Waals surface area contributed by atoms with Crippen molar-refractivity contribution in [3.05, 3.63) is 252 Å². The number of benzene rings is 10. The maximum atomic E-state index is 5.22. The summed E-state index contributed by atoms with van der Waals surface area (Å²) in [5.41, 5.74) is 28.5. The molecule has 74 heavy (non-hydrogen) atoms. The lowest BCUT2D eigenvalue weighted by atomic mass is 9.77. The fourth-order valence-electron chi connectivity index (χ4n) is 13.8. The minimum atomic E-state index is -0.178. The number of fused-ring (bicyclic) bond motifs is 12. The van der Waals surface area contributed by atoms with Gasteiger partial charge in [-0.25, -0.2) is 4.98 Å². The normalized spacial score (nSPS) is 14.9. The van der Waals surface area contributed by atoms with Gasteiger partial charge in [-0.1, -0.05) is 211 Å². The first-order valence-electron chi connectivity index (χ1n) is 26.3. The van der Waals surface area contributed by atoms with Crippen LogP contribution >= 0.6 is 0 Å². The second kappa shape index (κ2) is 15.2. The van der Waals surface area contributed by atoms with Crippen LogP contribution in [0.2, 0.25) is 0 Å². The number of pyridine rings is 1. The van der Waals surface area contributed by atoms with Crippen LogP contribution in [0.3, 0.4) is 0 Å². The van der Waals surface area contributed by atoms with Crippen molar-refractivity contribution in [1.29, 1.82) is 0 Å². The Hall–Kier alpha value is -8.59. The first kappa shape index (κ1) is 43.0. The van der Waals surface area contributed by atoms with Crippen LogP contribution in [0.5, 0.6) is 0 Å². The van der Waals surface area contributed by atoms with Gasteiger partial charge in [0, 0.05) is 33.6 Å². The highest BCUT2D eigenvalue weighted by Gasteiger charge is 2.39. The summed E-state index contributed by atoms with van der Waals surface area (Å²) < 4.78 is 2.21. The summed E-state index contributed by atoms with van der Waals surface area (Å²) in [6.45, 7) is 14.4. The topological polar surface area (TPSA) is 17.3 Å². The minimum absolute atomic E-state index is 0.142. The van der Waals surface area contributed by atoms with Gasteiger partial charge in [0.2, 0.25) is 0 Å². The molecule has 0 unspecified atom stereocenters. The Morgan fingerprint density at radius 1 is 0.297 bits per heavy atom. The molecule has 0 atom stereocenters. The monoisotopic (exact) mass is 946 g/mol. The molecule has 0 saturated carbocycles. The lowest BCUT2D eigenvalue weighted by Gasteiger charge is -2.26. The Morgan fingerprint density at radius 2 is 0.743 bits per heavy atom. The molecule has 2 nitrogen and oxygen atoms in total. The first-order valence-corrected chi connectivity index (χ1v) is 26.3. The Morgan fingerprint density at radius 3 is 1.35 bits per heavy atom.